The number of β-amino-alcohol motifs (C(OH)–C–C–N with tert-alkyl or cyclic N) is 1. The summed E-state index contributed by atoms with van der Waals surface area (Å²) in [7, 11) is 2.01. The number of nitrogens with one attached hydrogen (secondary N) is 1. The van der Waals surface area contributed by atoms with Crippen molar-refractivity contribution in [2.75, 3.05) is 19.6 Å². The quantitative estimate of drug-likeness (QED) is 0.472. The van der Waals surface area contributed by atoms with Gasteiger partial charge in [-0.25, -0.2) is 4.99 Å². The molecule has 1 aliphatic rings. The molecule has 1 aliphatic heterocycles. The van der Waals surface area contributed by atoms with Gasteiger partial charge in [0.15, 0.2) is 5.96 Å². The first-order chi connectivity index (χ1) is 8.69. The molecular formula is C13H23IN4O. The zero-order chi connectivity index (χ0) is 13.0. The van der Waals surface area contributed by atoms with E-state index in [1.54, 1.807) is 0 Å². The van der Waals surface area contributed by atoms with Crippen molar-refractivity contribution in [3.05, 3.63) is 24.0 Å². The van der Waals surface area contributed by atoms with Crippen molar-refractivity contribution < 1.29 is 5.11 Å². The number of rotatable bonds is 3. The topological polar surface area (TPSA) is 52.8 Å². The molecule has 0 saturated carbocycles. The number of hydrogen-bond donors (Lipinski definition) is 2. The molecule has 0 aliphatic carbocycles. The zero-order valence-corrected chi connectivity index (χ0v) is 13.9. The van der Waals surface area contributed by atoms with Gasteiger partial charge in [0, 0.05) is 39.1 Å². The van der Waals surface area contributed by atoms with Crippen molar-refractivity contribution in [1.29, 1.82) is 0 Å². The van der Waals surface area contributed by atoms with Crippen LogP contribution < -0.4 is 5.32 Å². The summed E-state index contributed by atoms with van der Waals surface area (Å²) in [6, 6.07) is 2.08. The molecule has 2 N–H and O–H groups in total. The molecule has 1 aromatic heterocycles. The normalized spacial score (nSPS) is 19.4. The molecule has 108 valence electrons. The molecule has 1 atom stereocenters. The Kier molecular flexibility index (Phi) is 6.64. The summed E-state index contributed by atoms with van der Waals surface area (Å²) >= 11 is 0. The van der Waals surface area contributed by atoms with Crippen LogP contribution in [0.1, 0.15) is 18.9 Å². The summed E-state index contributed by atoms with van der Waals surface area (Å²) in [5.41, 5.74) is 1.20. The van der Waals surface area contributed by atoms with Crippen LogP contribution in [-0.4, -0.2) is 46.3 Å². The summed E-state index contributed by atoms with van der Waals surface area (Å²) in [5, 5.41) is 12.9. The van der Waals surface area contributed by atoms with Crippen LogP contribution in [0, 0.1) is 0 Å². The van der Waals surface area contributed by atoms with Gasteiger partial charge >= 0.3 is 0 Å². The van der Waals surface area contributed by atoms with E-state index in [-0.39, 0.29) is 30.1 Å². The summed E-state index contributed by atoms with van der Waals surface area (Å²) in [4.78, 5) is 6.74. The highest BCUT2D eigenvalue weighted by Gasteiger charge is 2.22. The third-order valence-corrected chi connectivity index (χ3v) is 3.10. The molecule has 6 heteroatoms. The van der Waals surface area contributed by atoms with Crippen LogP contribution in [0.4, 0.5) is 0 Å². The minimum absolute atomic E-state index is 0. The van der Waals surface area contributed by atoms with Gasteiger partial charge in [-0.05, 0) is 25.0 Å². The average Bonchev–Trinajstić information content (AvgIpc) is 2.94. The minimum atomic E-state index is -0.217. The Balaban J connectivity index is 0.00000180. The van der Waals surface area contributed by atoms with Gasteiger partial charge in [-0.3, -0.25) is 0 Å². The van der Waals surface area contributed by atoms with E-state index in [9.17, 15) is 5.11 Å². The van der Waals surface area contributed by atoms with Crippen LogP contribution in [0.25, 0.3) is 0 Å². The lowest BCUT2D eigenvalue weighted by atomic mass is 10.3. The van der Waals surface area contributed by atoms with Gasteiger partial charge in [0.2, 0.25) is 0 Å². The number of aryl methyl sites for hydroxylation is 1. The first kappa shape index (κ1) is 16.3. The van der Waals surface area contributed by atoms with Gasteiger partial charge in [-0.1, -0.05) is 0 Å². The predicted octanol–water partition coefficient (Wildman–Crippen LogP) is 1.18. The van der Waals surface area contributed by atoms with Gasteiger partial charge < -0.3 is 19.9 Å². The lowest BCUT2D eigenvalue weighted by Crippen LogP contribution is -2.40. The van der Waals surface area contributed by atoms with Gasteiger partial charge in [0.25, 0.3) is 0 Å². The van der Waals surface area contributed by atoms with Gasteiger partial charge in [0.05, 0.1) is 12.6 Å². The number of guanidine groups is 1. The summed E-state index contributed by atoms with van der Waals surface area (Å²) in [6.07, 6.45) is 4.71. The Morgan fingerprint density at radius 3 is 2.89 bits per heavy atom. The maximum absolute atomic E-state index is 9.58. The van der Waals surface area contributed by atoms with Crippen LogP contribution >= 0.6 is 24.0 Å². The highest BCUT2D eigenvalue weighted by molar-refractivity contribution is 14.0. The van der Waals surface area contributed by atoms with Gasteiger partial charge in [-0.15, -0.1) is 24.0 Å². The number of aliphatic hydroxyl groups is 1. The smallest absolute Gasteiger partial charge is 0.194 e. The van der Waals surface area contributed by atoms with Gasteiger partial charge in [0.1, 0.15) is 0 Å². The summed E-state index contributed by atoms with van der Waals surface area (Å²) < 4.78 is 2.03. The Bertz CT molecular complexity index is 419. The van der Waals surface area contributed by atoms with Crippen LogP contribution in [0.5, 0.6) is 0 Å². The van der Waals surface area contributed by atoms with E-state index in [4.69, 9.17) is 0 Å². The largest absolute Gasteiger partial charge is 0.391 e. The number of aromatic nitrogens is 1. The first-order valence-corrected chi connectivity index (χ1v) is 6.51. The Hall–Kier alpha value is -0.760. The highest BCUT2D eigenvalue weighted by atomic mass is 127. The number of hydrogen-bond acceptors (Lipinski definition) is 2. The summed E-state index contributed by atoms with van der Waals surface area (Å²) in [6.45, 7) is 5.14. The van der Waals surface area contributed by atoms with Crippen LogP contribution in [0.2, 0.25) is 0 Å². The molecule has 2 rings (SSSR count). The maximum Gasteiger partial charge on any atom is 0.194 e. The fourth-order valence-electron chi connectivity index (χ4n) is 2.18. The van der Waals surface area contributed by atoms with E-state index in [2.05, 4.69) is 34.4 Å². The molecule has 0 amide bonds. The monoisotopic (exact) mass is 378 g/mol. The molecule has 0 unspecified atom stereocenters. The predicted molar refractivity (Wildman–Crippen MR) is 87.8 cm³/mol. The molecule has 5 nitrogen and oxygen atoms in total. The molecule has 19 heavy (non-hydrogen) atoms. The third kappa shape index (κ3) is 4.68. The minimum Gasteiger partial charge on any atom is -0.391 e. The lowest BCUT2D eigenvalue weighted by Gasteiger charge is -2.20. The van der Waals surface area contributed by atoms with E-state index in [0.717, 1.165) is 25.5 Å². The van der Waals surface area contributed by atoms with Crippen molar-refractivity contribution in [2.24, 2.45) is 12.0 Å². The van der Waals surface area contributed by atoms with Crippen molar-refractivity contribution in [1.82, 2.24) is 14.8 Å². The van der Waals surface area contributed by atoms with E-state index < -0.39 is 0 Å². The van der Waals surface area contributed by atoms with Crippen molar-refractivity contribution in [3.8, 4) is 0 Å². The average molecular weight is 378 g/mol. The molecule has 0 radical (unpaired) electrons. The third-order valence-electron chi connectivity index (χ3n) is 3.10. The maximum atomic E-state index is 9.58. The van der Waals surface area contributed by atoms with Crippen molar-refractivity contribution in [2.45, 2.75) is 26.0 Å². The second-order valence-electron chi connectivity index (χ2n) is 4.74. The fraction of sp³-hybridized carbons (Fsp3) is 0.615. The van der Waals surface area contributed by atoms with Crippen molar-refractivity contribution in [3.63, 3.8) is 0 Å². The highest BCUT2D eigenvalue weighted by Crippen LogP contribution is 2.10. The molecule has 1 fully saturated rings. The second-order valence-corrected chi connectivity index (χ2v) is 4.74. The lowest BCUT2D eigenvalue weighted by molar-refractivity contribution is 0.188. The molecule has 2 heterocycles. The van der Waals surface area contributed by atoms with Crippen molar-refractivity contribution >= 4 is 29.9 Å². The second kappa shape index (κ2) is 7.74. The summed E-state index contributed by atoms with van der Waals surface area (Å²) in [5.74, 6) is 0.901. The molecular weight excluding hydrogens is 355 g/mol. The molecule has 0 spiro atoms. The standard InChI is InChI=1S/C13H22N4O.HI/c1-3-14-13(17-7-5-12(18)10-17)15-8-11-4-6-16(2)9-11;/h4,6,9,12,18H,3,5,7-8,10H2,1-2H3,(H,14,15);1H/t12-;/m1./s1. The molecule has 0 bridgehead atoms. The number of nitrogens with zero attached hydrogens (tertiary/aromatic N) is 3. The zero-order valence-electron chi connectivity index (χ0n) is 11.5. The van der Waals surface area contributed by atoms with E-state index in [1.165, 1.54) is 5.56 Å². The number of likely N-dealkylation sites (tertiary alicyclic amines) is 1. The van der Waals surface area contributed by atoms with E-state index >= 15 is 0 Å². The number of aliphatic imine (C=N–C) groups is 1. The van der Waals surface area contributed by atoms with E-state index in [0.29, 0.717) is 13.1 Å². The van der Waals surface area contributed by atoms with Crippen LogP contribution in [0.3, 0.4) is 0 Å². The fourth-order valence-corrected chi connectivity index (χ4v) is 2.18. The van der Waals surface area contributed by atoms with E-state index in [1.807, 2.05) is 17.8 Å². The molecule has 0 aromatic carbocycles. The van der Waals surface area contributed by atoms with Crippen LogP contribution in [-0.2, 0) is 13.6 Å². The molecule has 1 saturated heterocycles. The van der Waals surface area contributed by atoms with Crippen LogP contribution in [0.15, 0.2) is 23.5 Å². The first-order valence-electron chi connectivity index (χ1n) is 6.51. The number of aliphatic hydroxyl groups excluding tert-OH is 1. The number of halogens is 1. The molecule has 1 aromatic rings. The van der Waals surface area contributed by atoms with Gasteiger partial charge in [-0.2, -0.15) is 0 Å². The Labute approximate surface area is 131 Å². The SMILES string of the molecule is CCNC(=NCc1ccn(C)c1)N1CC[C@@H](O)C1.I. The Morgan fingerprint density at radius 1 is 1.58 bits per heavy atom. The Morgan fingerprint density at radius 2 is 2.37 bits per heavy atom.